The smallest absolute Gasteiger partial charge is 0.407 e. The Balaban J connectivity index is 1.30. The summed E-state index contributed by atoms with van der Waals surface area (Å²) >= 11 is 0. The van der Waals surface area contributed by atoms with Crippen molar-refractivity contribution in [3.05, 3.63) is 59.7 Å². The average Bonchev–Trinajstić information content (AvgIpc) is 3.08. The Bertz CT molecular complexity index is 1010. The fraction of sp³-hybridized carbons (Fsp3) is 0.444. The molecule has 1 aliphatic heterocycles. The highest BCUT2D eigenvalue weighted by atomic mass is 16.5. The van der Waals surface area contributed by atoms with Gasteiger partial charge < -0.3 is 20.1 Å². The van der Waals surface area contributed by atoms with Gasteiger partial charge >= 0.3 is 12.1 Å². The summed E-state index contributed by atoms with van der Waals surface area (Å²) in [5.41, 5.74) is 4.68. The van der Waals surface area contributed by atoms with Crippen molar-refractivity contribution in [3.63, 3.8) is 0 Å². The normalized spacial score (nSPS) is 15.9. The van der Waals surface area contributed by atoms with Gasteiger partial charge in [0.15, 0.2) is 0 Å². The maximum atomic E-state index is 12.6. The van der Waals surface area contributed by atoms with Crippen LogP contribution < -0.4 is 5.32 Å². The molecular weight excluding hydrogens is 432 g/mol. The zero-order chi connectivity index (χ0) is 24.2. The number of benzene rings is 2. The number of fused-ring (bicyclic) bond motifs is 3. The third-order valence-electron chi connectivity index (χ3n) is 6.73. The van der Waals surface area contributed by atoms with Gasteiger partial charge in [-0.1, -0.05) is 62.4 Å². The Morgan fingerprint density at radius 3 is 2.18 bits per heavy atom. The molecule has 0 saturated carbocycles. The molecule has 2 aliphatic rings. The summed E-state index contributed by atoms with van der Waals surface area (Å²) in [5.74, 6) is -1.05. The number of carboxylic acids is 1. The molecule has 1 unspecified atom stereocenters. The molecule has 1 aliphatic carbocycles. The molecule has 2 aromatic carbocycles. The number of nitrogens with zero attached hydrogens (tertiary/aromatic N) is 1. The SMILES string of the molecule is CC(C)CC(CNC(=O)OCC1c2ccccc2-c2ccccc21)CC(=O)N1CC(C(=O)O)C1. The lowest BCUT2D eigenvalue weighted by molar-refractivity contribution is -0.153. The van der Waals surface area contributed by atoms with Gasteiger partial charge in [0.1, 0.15) is 6.61 Å². The van der Waals surface area contributed by atoms with Crippen molar-refractivity contribution in [2.45, 2.75) is 32.6 Å². The van der Waals surface area contributed by atoms with E-state index in [1.807, 2.05) is 24.3 Å². The molecule has 1 saturated heterocycles. The van der Waals surface area contributed by atoms with E-state index in [-0.39, 0.29) is 43.9 Å². The van der Waals surface area contributed by atoms with Crippen LogP contribution in [0.2, 0.25) is 0 Å². The van der Waals surface area contributed by atoms with Crippen molar-refractivity contribution in [2.75, 3.05) is 26.2 Å². The predicted molar refractivity (Wildman–Crippen MR) is 128 cm³/mol. The lowest BCUT2D eigenvalue weighted by Gasteiger charge is -2.37. The van der Waals surface area contributed by atoms with E-state index >= 15 is 0 Å². The van der Waals surface area contributed by atoms with Crippen molar-refractivity contribution in [2.24, 2.45) is 17.8 Å². The van der Waals surface area contributed by atoms with Crippen LogP contribution >= 0.6 is 0 Å². The second-order valence-electron chi connectivity index (χ2n) is 9.74. The number of carbonyl (C=O) groups excluding carboxylic acids is 2. The van der Waals surface area contributed by atoms with Gasteiger partial charge in [0, 0.05) is 32.0 Å². The van der Waals surface area contributed by atoms with Crippen LogP contribution in [0.4, 0.5) is 4.79 Å². The Hall–Kier alpha value is -3.35. The van der Waals surface area contributed by atoms with Gasteiger partial charge in [-0.25, -0.2) is 4.79 Å². The summed E-state index contributed by atoms with van der Waals surface area (Å²) in [6, 6.07) is 16.4. The highest BCUT2D eigenvalue weighted by molar-refractivity contribution is 5.81. The monoisotopic (exact) mass is 464 g/mol. The molecule has 0 aromatic heterocycles. The number of carbonyl (C=O) groups is 3. The van der Waals surface area contributed by atoms with Gasteiger partial charge in [-0.3, -0.25) is 9.59 Å². The van der Waals surface area contributed by atoms with Crippen LogP contribution in [0.3, 0.4) is 0 Å². The van der Waals surface area contributed by atoms with Crippen molar-refractivity contribution in [1.82, 2.24) is 10.2 Å². The van der Waals surface area contributed by atoms with Crippen LogP contribution in [-0.2, 0) is 14.3 Å². The molecule has 0 bridgehead atoms. The van der Waals surface area contributed by atoms with Gasteiger partial charge in [0.25, 0.3) is 0 Å². The molecule has 2 amide bonds. The predicted octanol–water partition coefficient (Wildman–Crippen LogP) is 4.12. The van der Waals surface area contributed by atoms with E-state index in [4.69, 9.17) is 9.84 Å². The Labute approximate surface area is 200 Å². The number of hydrogen-bond donors (Lipinski definition) is 2. The molecule has 0 radical (unpaired) electrons. The first-order chi connectivity index (χ1) is 16.3. The quantitative estimate of drug-likeness (QED) is 0.582. The first kappa shape index (κ1) is 23.8. The van der Waals surface area contributed by atoms with Crippen molar-refractivity contribution in [3.8, 4) is 11.1 Å². The molecule has 7 nitrogen and oxygen atoms in total. The summed E-state index contributed by atoms with van der Waals surface area (Å²) in [6.45, 7) is 5.28. The second kappa shape index (κ2) is 10.3. The lowest BCUT2D eigenvalue weighted by atomic mass is 9.92. The maximum absolute atomic E-state index is 12.6. The molecule has 1 fully saturated rings. The molecule has 0 spiro atoms. The first-order valence-electron chi connectivity index (χ1n) is 11.9. The third kappa shape index (κ3) is 5.24. The minimum atomic E-state index is -0.861. The van der Waals surface area contributed by atoms with E-state index in [0.717, 1.165) is 17.5 Å². The highest BCUT2D eigenvalue weighted by Crippen LogP contribution is 2.44. The maximum Gasteiger partial charge on any atom is 0.407 e. The van der Waals surface area contributed by atoms with Crippen molar-refractivity contribution >= 4 is 18.0 Å². The third-order valence-corrected chi connectivity index (χ3v) is 6.73. The van der Waals surface area contributed by atoms with Crippen LogP contribution in [0, 0.1) is 17.8 Å². The Kier molecular flexibility index (Phi) is 7.20. The van der Waals surface area contributed by atoms with Crippen LogP contribution in [0.15, 0.2) is 48.5 Å². The number of alkyl carbamates (subject to hydrolysis) is 1. The lowest BCUT2D eigenvalue weighted by Crippen LogP contribution is -2.53. The number of amides is 2. The molecule has 180 valence electrons. The van der Waals surface area contributed by atoms with E-state index in [2.05, 4.69) is 43.4 Å². The number of hydrogen-bond acceptors (Lipinski definition) is 4. The number of rotatable bonds is 9. The zero-order valence-electron chi connectivity index (χ0n) is 19.7. The van der Waals surface area contributed by atoms with Gasteiger partial charge in [0.2, 0.25) is 5.91 Å². The summed E-state index contributed by atoms with van der Waals surface area (Å²) in [5, 5.41) is 11.9. The van der Waals surface area contributed by atoms with E-state index in [9.17, 15) is 14.4 Å². The largest absolute Gasteiger partial charge is 0.481 e. The second-order valence-corrected chi connectivity index (χ2v) is 9.74. The summed E-state index contributed by atoms with van der Waals surface area (Å²) < 4.78 is 5.61. The van der Waals surface area contributed by atoms with Crippen LogP contribution in [-0.4, -0.2) is 54.2 Å². The minimum Gasteiger partial charge on any atom is -0.481 e. The molecule has 2 aromatic rings. The van der Waals surface area contributed by atoms with Crippen LogP contribution in [0.5, 0.6) is 0 Å². The average molecular weight is 465 g/mol. The van der Waals surface area contributed by atoms with Crippen LogP contribution in [0.1, 0.15) is 43.7 Å². The topological polar surface area (TPSA) is 95.9 Å². The van der Waals surface area contributed by atoms with Gasteiger partial charge in [-0.05, 0) is 40.5 Å². The number of carboxylic acid groups (broad SMARTS) is 1. The minimum absolute atomic E-state index is 0.000198. The van der Waals surface area contributed by atoms with E-state index in [0.29, 0.717) is 12.5 Å². The van der Waals surface area contributed by atoms with Gasteiger partial charge in [0.05, 0.1) is 5.92 Å². The van der Waals surface area contributed by atoms with Gasteiger partial charge in [-0.2, -0.15) is 0 Å². The first-order valence-corrected chi connectivity index (χ1v) is 11.9. The Morgan fingerprint density at radius 1 is 1.03 bits per heavy atom. The molecule has 7 heteroatoms. The summed E-state index contributed by atoms with van der Waals surface area (Å²) in [6.07, 6.45) is 0.581. The zero-order valence-corrected chi connectivity index (χ0v) is 19.7. The van der Waals surface area contributed by atoms with E-state index in [1.165, 1.54) is 11.1 Å². The standard InChI is InChI=1S/C27H32N2O5/c1-17(2)11-18(12-25(30)29-14-19(15-29)26(31)32)13-28-27(33)34-16-24-22-9-5-3-7-20(22)21-8-4-6-10-23(21)24/h3-10,17-19,24H,11-16H2,1-2H3,(H,28,33)(H,31,32). The highest BCUT2D eigenvalue weighted by Gasteiger charge is 2.36. The van der Waals surface area contributed by atoms with E-state index < -0.39 is 18.0 Å². The molecule has 34 heavy (non-hydrogen) atoms. The number of ether oxygens (including phenoxy) is 1. The number of nitrogens with one attached hydrogen (secondary N) is 1. The fourth-order valence-corrected chi connectivity index (χ4v) is 5.00. The fourth-order valence-electron chi connectivity index (χ4n) is 5.00. The molecule has 1 heterocycles. The Morgan fingerprint density at radius 2 is 1.62 bits per heavy atom. The summed E-state index contributed by atoms with van der Waals surface area (Å²) in [7, 11) is 0. The van der Waals surface area contributed by atoms with E-state index in [1.54, 1.807) is 4.90 Å². The van der Waals surface area contributed by atoms with Crippen molar-refractivity contribution < 1.29 is 24.2 Å². The summed E-state index contributed by atoms with van der Waals surface area (Å²) in [4.78, 5) is 37.6. The molecule has 4 rings (SSSR count). The van der Waals surface area contributed by atoms with Crippen molar-refractivity contribution in [1.29, 1.82) is 0 Å². The van der Waals surface area contributed by atoms with Gasteiger partial charge in [-0.15, -0.1) is 0 Å². The molecular formula is C27H32N2O5. The molecule has 1 atom stereocenters. The molecule has 2 N–H and O–H groups in total. The number of aliphatic carboxylic acids is 1. The van der Waals surface area contributed by atoms with Crippen LogP contribution in [0.25, 0.3) is 11.1 Å². The number of likely N-dealkylation sites (tertiary alicyclic amines) is 1.